The van der Waals surface area contributed by atoms with Crippen LogP contribution >= 0.6 is 39.1 Å². The lowest BCUT2D eigenvalue weighted by Gasteiger charge is -1.96. The first kappa shape index (κ1) is 8.97. The molecule has 0 amide bonds. The molecule has 0 spiro atoms. The van der Waals surface area contributed by atoms with Crippen molar-refractivity contribution in [2.45, 2.75) is 0 Å². The van der Waals surface area contributed by atoms with Gasteiger partial charge in [0.1, 0.15) is 4.60 Å². The van der Waals surface area contributed by atoms with Gasteiger partial charge in [0.2, 0.25) is 0 Å². The number of hydrogen-bond donors (Lipinski definition) is 0. The molecule has 0 fully saturated rings. The van der Waals surface area contributed by atoms with Crippen LogP contribution in [-0.4, -0.2) is 10.2 Å². The summed E-state index contributed by atoms with van der Waals surface area (Å²) < 4.78 is 0.573. The largest absolute Gasteiger partial charge is 0.275 e. The van der Waals surface area contributed by atoms with Crippen molar-refractivity contribution in [3.8, 4) is 0 Å². The van der Waals surface area contributed by atoms with Crippen LogP contribution in [0.2, 0.25) is 5.02 Å². The molecule has 1 aromatic heterocycles. The van der Waals surface area contributed by atoms with E-state index in [2.05, 4.69) is 20.9 Å². The number of rotatable bonds is 1. The highest BCUT2D eigenvalue weighted by molar-refractivity contribution is 9.10. The Bertz CT molecular complexity index is 303. The predicted octanol–water partition coefficient (Wildman–Crippen LogP) is 2.88. The molecule has 0 aromatic carbocycles. The fourth-order valence-corrected chi connectivity index (χ4v) is 1.45. The first-order chi connectivity index (χ1) is 5.11. The molecule has 5 heteroatoms. The van der Waals surface area contributed by atoms with Crippen molar-refractivity contribution in [1.82, 2.24) is 4.98 Å². The van der Waals surface area contributed by atoms with Crippen molar-refractivity contribution in [1.29, 1.82) is 0 Å². The number of hydrogen-bond acceptors (Lipinski definition) is 2. The zero-order chi connectivity index (χ0) is 8.43. The van der Waals surface area contributed by atoms with Crippen molar-refractivity contribution >= 4 is 44.4 Å². The molecule has 0 aliphatic rings. The van der Waals surface area contributed by atoms with Gasteiger partial charge < -0.3 is 0 Å². The average Bonchev–Trinajstić information content (AvgIpc) is 1.85. The molecule has 11 heavy (non-hydrogen) atoms. The van der Waals surface area contributed by atoms with Crippen molar-refractivity contribution in [3.05, 3.63) is 27.5 Å². The second-order valence-electron chi connectivity index (χ2n) is 1.76. The molecule has 0 unspecified atom stereocenters. The third-order valence-electron chi connectivity index (χ3n) is 1.03. The van der Waals surface area contributed by atoms with Gasteiger partial charge >= 0.3 is 0 Å². The first-order valence-electron chi connectivity index (χ1n) is 2.62. The van der Waals surface area contributed by atoms with Crippen LogP contribution in [0.1, 0.15) is 10.4 Å². The summed E-state index contributed by atoms with van der Waals surface area (Å²) in [6, 6.07) is 1.51. The van der Waals surface area contributed by atoms with Gasteiger partial charge in [-0.15, -0.1) is 0 Å². The van der Waals surface area contributed by atoms with Crippen molar-refractivity contribution < 1.29 is 4.79 Å². The number of halogens is 3. The highest BCUT2D eigenvalue weighted by atomic mass is 79.9. The normalized spacial score (nSPS) is 9.73. The highest BCUT2D eigenvalue weighted by Gasteiger charge is 2.07. The van der Waals surface area contributed by atoms with Crippen LogP contribution in [0.3, 0.4) is 0 Å². The Morgan fingerprint density at radius 3 is 2.73 bits per heavy atom. The van der Waals surface area contributed by atoms with Gasteiger partial charge in [0.05, 0.1) is 10.6 Å². The summed E-state index contributed by atoms with van der Waals surface area (Å²) >= 11 is 13.9. The van der Waals surface area contributed by atoms with E-state index in [-0.39, 0.29) is 5.56 Å². The van der Waals surface area contributed by atoms with Crippen LogP contribution in [0, 0.1) is 0 Å². The molecule has 0 atom stereocenters. The maximum Gasteiger partial charge on any atom is 0.255 e. The molecule has 1 rings (SSSR count). The van der Waals surface area contributed by atoms with E-state index in [1.54, 1.807) is 0 Å². The van der Waals surface area contributed by atoms with Crippen LogP contribution < -0.4 is 0 Å². The third kappa shape index (κ3) is 2.15. The number of carbonyl (C=O) groups excluding carboxylic acids is 1. The fraction of sp³-hybridized carbons (Fsp3) is 0. The molecule has 0 bridgehead atoms. The van der Waals surface area contributed by atoms with E-state index in [1.807, 2.05) is 0 Å². The molecule has 58 valence electrons. The summed E-state index contributed by atoms with van der Waals surface area (Å²) in [4.78, 5) is 14.4. The van der Waals surface area contributed by atoms with Gasteiger partial charge in [0.15, 0.2) is 0 Å². The average molecular weight is 255 g/mol. The lowest BCUT2D eigenvalue weighted by atomic mass is 10.3. The van der Waals surface area contributed by atoms with E-state index in [4.69, 9.17) is 23.2 Å². The molecule has 0 aliphatic carbocycles. The van der Waals surface area contributed by atoms with Gasteiger partial charge in [-0.05, 0) is 33.6 Å². The smallest absolute Gasteiger partial charge is 0.255 e. The van der Waals surface area contributed by atoms with Crippen molar-refractivity contribution in [2.24, 2.45) is 0 Å². The molecule has 2 nitrogen and oxygen atoms in total. The Hall–Kier alpha value is -0.120. The molecule has 0 N–H and O–H groups in total. The third-order valence-corrected chi connectivity index (χ3v) is 1.98. The quantitative estimate of drug-likeness (QED) is 0.570. The Balaban J connectivity index is 3.20. The minimum Gasteiger partial charge on any atom is -0.275 e. The Morgan fingerprint density at radius 1 is 1.64 bits per heavy atom. The van der Waals surface area contributed by atoms with E-state index >= 15 is 0 Å². The molecule has 0 saturated heterocycles. The maximum absolute atomic E-state index is 10.6. The van der Waals surface area contributed by atoms with E-state index < -0.39 is 5.24 Å². The summed E-state index contributed by atoms with van der Waals surface area (Å²) in [5.41, 5.74) is 0.219. The number of carbonyl (C=O) groups is 1. The molecular weight excluding hydrogens is 253 g/mol. The summed E-state index contributed by atoms with van der Waals surface area (Å²) in [5, 5.41) is -0.304. The van der Waals surface area contributed by atoms with Gasteiger partial charge in [0, 0.05) is 6.20 Å². The second kappa shape index (κ2) is 3.52. The van der Waals surface area contributed by atoms with Crippen LogP contribution in [-0.2, 0) is 0 Å². The van der Waals surface area contributed by atoms with Gasteiger partial charge in [-0.25, -0.2) is 4.98 Å². The van der Waals surface area contributed by atoms with Crippen LogP contribution in [0.25, 0.3) is 0 Å². The van der Waals surface area contributed by atoms with E-state index in [0.29, 0.717) is 9.63 Å². The van der Waals surface area contributed by atoms with Gasteiger partial charge in [-0.3, -0.25) is 4.79 Å². The molecule has 0 radical (unpaired) electrons. The maximum atomic E-state index is 10.6. The minimum atomic E-state index is -0.602. The van der Waals surface area contributed by atoms with Crippen LogP contribution in [0.15, 0.2) is 16.9 Å². The van der Waals surface area contributed by atoms with E-state index in [0.717, 1.165) is 0 Å². The zero-order valence-electron chi connectivity index (χ0n) is 5.14. The standard InChI is InChI=1S/C6H2BrCl2NO/c7-5-1-4(8)3(2-10-5)6(9)11/h1-2H. The molecule has 0 saturated carbocycles. The number of nitrogens with zero attached hydrogens (tertiary/aromatic N) is 1. The van der Waals surface area contributed by atoms with E-state index in [1.165, 1.54) is 12.3 Å². The predicted molar refractivity (Wildman–Crippen MR) is 47.1 cm³/mol. The minimum absolute atomic E-state index is 0.219. The number of aromatic nitrogens is 1. The molecule has 1 aromatic rings. The summed E-state index contributed by atoms with van der Waals surface area (Å²) in [6.45, 7) is 0. The second-order valence-corrected chi connectivity index (χ2v) is 3.32. The lowest BCUT2D eigenvalue weighted by molar-refractivity contribution is 0.108. The summed E-state index contributed by atoms with van der Waals surface area (Å²) in [6.07, 6.45) is 1.32. The first-order valence-corrected chi connectivity index (χ1v) is 4.17. The van der Waals surface area contributed by atoms with Crippen molar-refractivity contribution in [3.63, 3.8) is 0 Å². The zero-order valence-corrected chi connectivity index (χ0v) is 8.24. The van der Waals surface area contributed by atoms with Gasteiger partial charge in [0.25, 0.3) is 5.24 Å². The van der Waals surface area contributed by atoms with E-state index in [9.17, 15) is 4.79 Å². The van der Waals surface area contributed by atoms with Gasteiger partial charge in [-0.1, -0.05) is 11.6 Å². The van der Waals surface area contributed by atoms with Gasteiger partial charge in [-0.2, -0.15) is 0 Å². The summed E-state index contributed by atoms with van der Waals surface area (Å²) in [7, 11) is 0. The molecular formula is C6H2BrCl2NO. The monoisotopic (exact) mass is 253 g/mol. The fourth-order valence-electron chi connectivity index (χ4n) is 0.552. The number of pyridine rings is 1. The Morgan fingerprint density at radius 2 is 2.27 bits per heavy atom. The topological polar surface area (TPSA) is 30.0 Å². The van der Waals surface area contributed by atoms with Crippen molar-refractivity contribution in [2.75, 3.05) is 0 Å². The van der Waals surface area contributed by atoms with Crippen LogP contribution in [0.5, 0.6) is 0 Å². The Kier molecular flexibility index (Phi) is 2.87. The lowest BCUT2D eigenvalue weighted by Crippen LogP contribution is -1.91. The highest BCUT2D eigenvalue weighted by Crippen LogP contribution is 2.19. The molecule has 1 heterocycles. The SMILES string of the molecule is O=C(Cl)c1cnc(Br)cc1Cl. The Labute approximate surface area is 81.7 Å². The molecule has 0 aliphatic heterocycles. The van der Waals surface area contributed by atoms with Crippen LogP contribution in [0.4, 0.5) is 0 Å². The summed E-state index contributed by atoms with van der Waals surface area (Å²) in [5.74, 6) is 0.